The van der Waals surface area contributed by atoms with Crippen LogP contribution in [0.3, 0.4) is 0 Å². The number of amides is 1. The molecule has 0 spiro atoms. The maximum absolute atomic E-state index is 12.1. The molecule has 0 heterocycles. The lowest BCUT2D eigenvalue weighted by Gasteiger charge is -2.14. The van der Waals surface area contributed by atoms with Gasteiger partial charge in [0.2, 0.25) is 0 Å². The van der Waals surface area contributed by atoms with E-state index in [1.165, 1.54) is 18.2 Å². The van der Waals surface area contributed by atoms with Gasteiger partial charge in [-0.3, -0.25) is 4.79 Å². The standard InChI is InChI=1S/C15H14BrNO3/c1-9(10-2-4-12(16)5-3-10)17-15(20)11-6-13(18)8-14(19)7-11/h2-9,18-19H,1H3,(H,17,20). The molecular weight excluding hydrogens is 322 g/mol. The number of nitrogens with one attached hydrogen (secondary N) is 1. The third kappa shape index (κ3) is 3.51. The van der Waals surface area contributed by atoms with Crippen LogP contribution in [0.15, 0.2) is 46.9 Å². The monoisotopic (exact) mass is 335 g/mol. The van der Waals surface area contributed by atoms with E-state index in [1.807, 2.05) is 31.2 Å². The number of rotatable bonds is 3. The van der Waals surface area contributed by atoms with Gasteiger partial charge in [0.05, 0.1) is 6.04 Å². The molecule has 1 amide bonds. The topological polar surface area (TPSA) is 69.6 Å². The molecule has 0 saturated carbocycles. The van der Waals surface area contributed by atoms with Crippen molar-refractivity contribution in [3.63, 3.8) is 0 Å². The van der Waals surface area contributed by atoms with E-state index in [2.05, 4.69) is 21.2 Å². The highest BCUT2D eigenvalue weighted by molar-refractivity contribution is 9.10. The fraction of sp³-hybridized carbons (Fsp3) is 0.133. The van der Waals surface area contributed by atoms with Gasteiger partial charge >= 0.3 is 0 Å². The fourth-order valence-corrected chi connectivity index (χ4v) is 2.11. The summed E-state index contributed by atoms with van der Waals surface area (Å²) >= 11 is 3.36. The number of phenolic OH excluding ortho intramolecular Hbond substituents is 2. The van der Waals surface area contributed by atoms with Gasteiger partial charge in [0.15, 0.2) is 0 Å². The molecule has 2 aromatic rings. The Hall–Kier alpha value is -2.01. The van der Waals surface area contributed by atoms with Crippen molar-refractivity contribution in [3.05, 3.63) is 58.1 Å². The van der Waals surface area contributed by atoms with Crippen LogP contribution in [0.25, 0.3) is 0 Å². The smallest absolute Gasteiger partial charge is 0.252 e. The van der Waals surface area contributed by atoms with E-state index in [0.717, 1.165) is 10.0 Å². The molecule has 0 aromatic heterocycles. The second-order valence-corrected chi connectivity index (χ2v) is 5.40. The summed E-state index contributed by atoms with van der Waals surface area (Å²) in [5.74, 6) is -0.649. The van der Waals surface area contributed by atoms with Gasteiger partial charge < -0.3 is 15.5 Å². The van der Waals surface area contributed by atoms with Crippen LogP contribution in [0.5, 0.6) is 11.5 Å². The average molecular weight is 336 g/mol. The van der Waals surface area contributed by atoms with E-state index >= 15 is 0 Å². The summed E-state index contributed by atoms with van der Waals surface area (Å²) in [5, 5.41) is 21.6. The first-order chi connectivity index (χ1) is 9.45. The van der Waals surface area contributed by atoms with Crippen LogP contribution in [0.1, 0.15) is 28.9 Å². The lowest BCUT2D eigenvalue weighted by atomic mass is 10.1. The van der Waals surface area contributed by atoms with Crippen LogP contribution in [-0.4, -0.2) is 16.1 Å². The van der Waals surface area contributed by atoms with Crippen LogP contribution in [0.4, 0.5) is 0 Å². The molecule has 0 radical (unpaired) electrons. The van der Waals surface area contributed by atoms with Gasteiger partial charge in [0, 0.05) is 16.1 Å². The summed E-state index contributed by atoms with van der Waals surface area (Å²) < 4.78 is 0.970. The predicted molar refractivity (Wildman–Crippen MR) is 79.8 cm³/mol. The SMILES string of the molecule is CC(NC(=O)c1cc(O)cc(O)c1)c1ccc(Br)cc1. The van der Waals surface area contributed by atoms with Crippen LogP contribution < -0.4 is 5.32 Å². The summed E-state index contributed by atoms with van der Waals surface area (Å²) in [4.78, 5) is 12.1. The van der Waals surface area contributed by atoms with E-state index in [4.69, 9.17) is 0 Å². The van der Waals surface area contributed by atoms with Crippen LogP contribution in [0, 0.1) is 0 Å². The van der Waals surface area contributed by atoms with Crippen molar-refractivity contribution in [2.24, 2.45) is 0 Å². The van der Waals surface area contributed by atoms with Gasteiger partial charge in [0.1, 0.15) is 11.5 Å². The Balaban J connectivity index is 2.12. The summed E-state index contributed by atoms with van der Waals surface area (Å²) in [7, 11) is 0. The Morgan fingerprint density at radius 1 is 1.10 bits per heavy atom. The number of carbonyl (C=O) groups excluding carboxylic acids is 1. The van der Waals surface area contributed by atoms with Gasteiger partial charge in [-0.05, 0) is 36.8 Å². The molecule has 104 valence electrons. The molecule has 0 saturated heterocycles. The molecule has 2 aromatic carbocycles. The van der Waals surface area contributed by atoms with E-state index in [-0.39, 0.29) is 29.0 Å². The number of benzene rings is 2. The molecule has 0 aliphatic heterocycles. The Morgan fingerprint density at radius 3 is 2.20 bits per heavy atom. The largest absolute Gasteiger partial charge is 0.508 e. The third-order valence-electron chi connectivity index (χ3n) is 2.88. The zero-order valence-electron chi connectivity index (χ0n) is 10.8. The minimum Gasteiger partial charge on any atom is -0.508 e. The van der Waals surface area contributed by atoms with Crippen molar-refractivity contribution in [2.45, 2.75) is 13.0 Å². The van der Waals surface area contributed by atoms with Gasteiger partial charge in [-0.2, -0.15) is 0 Å². The first-order valence-electron chi connectivity index (χ1n) is 6.05. The quantitative estimate of drug-likeness (QED) is 0.805. The van der Waals surface area contributed by atoms with E-state index in [1.54, 1.807) is 0 Å². The Kier molecular flexibility index (Phi) is 4.29. The van der Waals surface area contributed by atoms with Gasteiger partial charge in [-0.1, -0.05) is 28.1 Å². The van der Waals surface area contributed by atoms with Crippen LogP contribution >= 0.6 is 15.9 Å². The molecule has 0 aliphatic carbocycles. The second kappa shape index (κ2) is 5.96. The molecule has 4 nitrogen and oxygen atoms in total. The average Bonchev–Trinajstić information content (AvgIpc) is 2.38. The van der Waals surface area contributed by atoms with Crippen molar-refractivity contribution in [1.29, 1.82) is 0 Å². The van der Waals surface area contributed by atoms with Gasteiger partial charge in [-0.15, -0.1) is 0 Å². The van der Waals surface area contributed by atoms with Gasteiger partial charge in [-0.25, -0.2) is 0 Å². The van der Waals surface area contributed by atoms with Crippen molar-refractivity contribution in [3.8, 4) is 11.5 Å². The number of aromatic hydroxyl groups is 2. The Morgan fingerprint density at radius 2 is 1.65 bits per heavy atom. The summed E-state index contributed by atoms with van der Waals surface area (Å²) in [6.07, 6.45) is 0. The van der Waals surface area contributed by atoms with E-state index in [0.29, 0.717) is 0 Å². The summed E-state index contributed by atoms with van der Waals surface area (Å²) in [5.41, 5.74) is 1.18. The van der Waals surface area contributed by atoms with Crippen molar-refractivity contribution in [1.82, 2.24) is 5.32 Å². The molecule has 2 rings (SSSR count). The summed E-state index contributed by atoms with van der Waals surface area (Å²) in [6, 6.07) is 11.2. The zero-order chi connectivity index (χ0) is 14.7. The van der Waals surface area contributed by atoms with Crippen molar-refractivity contribution < 1.29 is 15.0 Å². The van der Waals surface area contributed by atoms with E-state index < -0.39 is 0 Å². The third-order valence-corrected chi connectivity index (χ3v) is 3.41. The summed E-state index contributed by atoms with van der Waals surface area (Å²) in [6.45, 7) is 1.86. The molecule has 1 atom stereocenters. The number of phenols is 2. The number of halogens is 1. The van der Waals surface area contributed by atoms with Crippen LogP contribution in [-0.2, 0) is 0 Å². The highest BCUT2D eigenvalue weighted by atomic mass is 79.9. The zero-order valence-corrected chi connectivity index (χ0v) is 12.4. The molecular formula is C15H14BrNO3. The molecule has 1 unspecified atom stereocenters. The van der Waals surface area contributed by atoms with Crippen molar-refractivity contribution >= 4 is 21.8 Å². The minimum atomic E-state index is -0.355. The Labute approximate surface area is 125 Å². The molecule has 20 heavy (non-hydrogen) atoms. The number of carbonyl (C=O) groups is 1. The molecule has 0 fully saturated rings. The highest BCUT2D eigenvalue weighted by Gasteiger charge is 2.13. The van der Waals surface area contributed by atoms with Crippen molar-refractivity contribution in [2.75, 3.05) is 0 Å². The van der Waals surface area contributed by atoms with Gasteiger partial charge in [0.25, 0.3) is 5.91 Å². The molecule has 5 heteroatoms. The van der Waals surface area contributed by atoms with E-state index in [9.17, 15) is 15.0 Å². The lowest BCUT2D eigenvalue weighted by Crippen LogP contribution is -2.26. The second-order valence-electron chi connectivity index (χ2n) is 4.48. The molecule has 0 aliphatic rings. The maximum atomic E-state index is 12.1. The maximum Gasteiger partial charge on any atom is 0.252 e. The fourth-order valence-electron chi connectivity index (χ4n) is 1.84. The normalized spacial score (nSPS) is 11.9. The Bertz CT molecular complexity index is 605. The first-order valence-corrected chi connectivity index (χ1v) is 6.84. The predicted octanol–water partition coefficient (Wildman–Crippen LogP) is 3.35. The lowest BCUT2D eigenvalue weighted by molar-refractivity contribution is 0.0939. The van der Waals surface area contributed by atoms with Crippen LogP contribution in [0.2, 0.25) is 0 Å². The minimum absolute atomic E-state index is 0.147. The molecule has 3 N–H and O–H groups in total. The number of hydrogen-bond donors (Lipinski definition) is 3. The number of hydrogen-bond acceptors (Lipinski definition) is 3. The first kappa shape index (κ1) is 14.4. The molecule has 0 bridgehead atoms. The highest BCUT2D eigenvalue weighted by Crippen LogP contribution is 2.21.